The van der Waals surface area contributed by atoms with Gasteiger partial charge in [0, 0.05) is 35.1 Å². The van der Waals surface area contributed by atoms with E-state index in [0.29, 0.717) is 11.3 Å². The van der Waals surface area contributed by atoms with Gasteiger partial charge in [-0.3, -0.25) is 9.59 Å². The van der Waals surface area contributed by atoms with Crippen molar-refractivity contribution in [3.05, 3.63) is 45.5 Å². The van der Waals surface area contributed by atoms with E-state index in [0.717, 1.165) is 11.1 Å². The second kappa shape index (κ2) is 14.6. The lowest BCUT2D eigenvalue weighted by Crippen LogP contribution is -2.50. The van der Waals surface area contributed by atoms with E-state index in [-0.39, 0.29) is 41.9 Å². The number of hydrogen-bond acceptors (Lipinski definition) is 6. The number of ether oxygens (including phenoxy) is 1. The number of alkyl halides is 3. The monoisotopic (exact) mass is 655 g/mol. The smallest absolute Gasteiger partial charge is 0.412 e. The number of aryl methyl sites for hydroxylation is 1. The number of cyclic esters (lactones) is 1. The molecule has 0 amide bonds. The number of aromatic nitrogens is 1. The van der Waals surface area contributed by atoms with E-state index in [1.165, 1.54) is 17.4 Å². The number of hydrogen-bond donors (Lipinski definition) is 0. The summed E-state index contributed by atoms with van der Waals surface area (Å²) in [5.74, 6) is -1.86. The molecule has 5 nitrogen and oxygen atoms in total. The zero-order chi connectivity index (χ0) is 33.8. The molecule has 2 rings (SSSR count). The van der Waals surface area contributed by atoms with Crippen molar-refractivity contribution in [2.24, 2.45) is 23.2 Å². The maximum atomic E-state index is 14.2. The zero-order valence-electron chi connectivity index (χ0n) is 28.5. The molecule has 1 unspecified atom stereocenters. The molecule has 248 valence electrons. The number of carbonyl (C=O) groups is 2. The van der Waals surface area contributed by atoms with Gasteiger partial charge in [-0.15, -0.1) is 11.3 Å². The molecule has 1 aliphatic heterocycles. The van der Waals surface area contributed by atoms with Gasteiger partial charge in [0.15, 0.2) is 8.32 Å². The van der Waals surface area contributed by atoms with Crippen LogP contribution in [-0.4, -0.2) is 43.4 Å². The molecule has 1 aliphatic rings. The molecule has 10 heteroatoms. The minimum Gasteiger partial charge on any atom is -0.457 e. The number of carbonyl (C=O) groups excluding carboxylic acids is 2. The van der Waals surface area contributed by atoms with Crippen LogP contribution in [0.5, 0.6) is 0 Å². The van der Waals surface area contributed by atoms with Gasteiger partial charge in [-0.1, -0.05) is 73.6 Å². The first kappa shape index (κ1) is 38.1. The molecule has 0 bridgehead atoms. The van der Waals surface area contributed by atoms with Gasteiger partial charge in [-0.05, 0) is 61.9 Å². The predicted octanol–water partition coefficient (Wildman–Crippen LogP) is 9.89. The fourth-order valence-electron chi connectivity index (χ4n) is 5.06. The molecule has 0 saturated carbocycles. The summed E-state index contributed by atoms with van der Waals surface area (Å²) in [7, 11) is -2.35. The molecule has 1 aromatic rings. The summed E-state index contributed by atoms with van der Waals surface area (Å²) in [6.45, 7) is 23.4. The van der Waals surface area contributed by atoms with Crippen molar-refractivity contribution in [1.29, 1.82) is 0 Å². The van der Waals surface area contributed by atoms with Crippen molar-refractivity contribution in [3.8, 4) is 0 Å². The Labute approximate surface area is 267 Å². The number of nitrogens with zero attached hydrogens (tertiary/aromatic N) is 1. The second-order valence-corrected chi connectivity index (χ2v) is 20.3. The van der Waals surface area contributed by atoms with Crippen LogP contribution in [0, 0.1) is 30.1 Å². The Morgan fingerprint density at radius 3 is 2.30 bits per heavy atom. The molecular formula is C34H52F3NO4SSi. The van der Waals surface area contributed by atoms with E-state index in [4.69, 9.17) is 9.16 Å². The lowest BCUT2D eigenvalue weighted by atomic mass is 9.69. The first-order valence-corrected chi connectivity index (χ1v) is 19.2. The minimum atomic E-state index is -4.56. The lowest BCUT2D eigenvalue weighted by molar-refractivity contribution is -0.150. The first-order chi connectivity index (χ1) is 20.0. The molecule has 0 saturated heterocycles. The van der Waals surface area contributed by atoms with Crippen LogP contribution in [0.3, 0.4) is 0 Å². The average Bonchev–Trinajstić information content (AvgIpc) is 3.29. The predicted molar refractivity (Wildman–Crippen MR) is 176 cm³/mol. The minimum absolute atomic E-state index is 0.0451. The maximum absolute atomic E-state index is 14.2. The highest BCUT2D eigenvalue weighted by Crippen LogP contribution is 2.42. The van der Waals surface area contributed by atoms with Crippen molar-refractivity contribution in [2.75, 3.05) is 0 Å². The Bertz CT molecular complexity index is 1260. The molecule has 0 fully saturated rings. The van der Waals surface area contributed by atoms with Crippen LogP contribution < -0.4 is 0 Å². The van der Waals surface area contributed by atoms with E-state index in [1.54, 1.807) is 19.1 Å². The third-order valence-electron chi connectivity index (χ3n) is 9.52. The van der Waals surface area contributed by atoms with Gasteiger partial charge in [-0.25, -0.2) is 4.98 Å². The molecule has 0 aromatic carbocycles. The van der Waals surface area contributed by atoms with Crippen LogP contribution in [0.25, 0.3) is 6.08 Å². The SMILES string of the molecule is C/C(=C/c1csc(C)n1)C1C/C=C(/C(F)(F)F)C/C=C/[C@H](C)[C@H](O[Si](C)(C)C(C)(C)C)[C@@H](C)C(=O)C(C)(C)[C@@H](C)CC(=O)O1. The Balaban J connectivity index is 2.61. The summed E-state index contributed by atoms with van der Waals surface area (Å²) in [4.78, 5) is 31.8. The molecule has 0 aliphatic carbocycles. The number of allylic oxidation sites excluding steroid dienone is 2. The molecule has 5 atom stereocenters. The number of rotatable bonds is 4. The van der Waals surface area contributed by atoms with Crippen molar-refractivity contribution in [2.45, 2.75) is 125 Å². The van der Waals surface area contributed by atoms with Gasteiger partial charge in [0.25, 0.3) is 0 Å². The van der Waals surface area contributed by atoms with Crippen LogP contribution >= 0.6 is 11.3 Å². The number of Topliss-reactive ketones (excluding diaryl/α,β-unsaturated/α-hetero) is 1. The van der Waals surface area contributed by atoms with Gasteiger partial charge < -0.3 is 9.16 Å². The summed E-state index contributed by atoms with van der Waals surface area (Å²) in [5.41, 5.74) is -0.343. The molecule has 0 radical (unpaired) electrons. The Hall–Kier alpha value is -2.04. The molecule has 0 N–H and O–H groups in total. The number of thiazole rings is 1. The second-order valence-electron chi connectivity index (χ2n) is 14.4. The number of esters is 1. The molecule has 1 aromatic heterocycles. The quantitative estimate of drug-likeness (QED) is 0.184. The topological polar surface area (TPSA) is 65.5 Å². The third-order valence-corrected chi connectivity index (χ3v) is 14.8. The normalized spacial score (nSPS) is 29.1. The van der Waals surface area contributed by atoms with Gasteiger partial charge in [0.2, 0.25) is 0 Å². The van der Waals surface area contributed by atoms with Crippen molar-refractivity contribution in [1.82, 2.24) is 4.98 Å². The van der Waals surface area contributed by atoms with Crippen LogP contribution in [0.1, 0.15) is 92.3 Å². The van der Waals surface area contributed by atoms with Gasteiger partial charge >= 0.3 is 12.1 Å². The lowest BCUT2D eigenvalue weighted by Gasteiger charge is -2.43. The average molecular weight is 656 g/mol. The van der Waals surface area contributed by atoms with E-state index < -0.39 is 49.6 Å². The number of ketones is 1. The van der Waals surface area contributed by atoms with E-state index in [9.17, 15) is 22.8 Å². The van der Waals surface area contributed by atoms with Crippen LogP contribution in [0.2, 0.25) is 18.1 Å². The highest BCUT2D eigenvalue weighted by atomic mass is 32.1. The third kappa shape index (κ3) is 9.98. The summed E-state index contributed by atoms with van der Waals surface area (Å²) in [6.07, 6.45) is -0.405. The highest BCUT2D eigenvalue weighted by Gasteiger charge is 2.46. The van der Waals surface area contributed by atoms with Crippen LogP contribution in [0.15, 0.2) is 34.8 Å². The Morgan fingerprint density at radius 2 is 1.77 bits per heavy atom. The fourth-order valence-corrected chi connectivity index (χ4v) is 7.08. The maximum Gasteiger partial charge on any atom is 0.412 e. The molecule has 2 heterocycles. The Morgan fingerprint density at radius 1 is 1.16 bits per heavy atom. The Kier molecular flexibility index (Phi) is 12.6. The summed E-state index contributed by atoms with van der Waals surface area (Å²) in [6, 6.07) is 0. The van der Waals surface area contributed by atoms with Crippen molar-refractivity contribution >= 4 is 37.5 Å². The van der Waals surface area contributed by atoms with Crippen molar-refractivity contribution in [3.63, 3.8) is 0 Å². The van der Waals surface area contributed by atoms with Crippen molar-refractivity contribution < 1.29 is 31.9 Å². The molecular weight excluding hydrogens is 604 g/mol. The van der Waals surface area contributed by atoms with Gasteiger partial charge in [0.1, 0.15) is 11.9 Å². The van der Waals surface area contributed by atoms with E-state index in [1.807, 2.05) is 46.9 Å². The number of halogens is 3. The van der Waals surface area contributed by atoms with E-state index >= 15 is 0 Å². The fraction of sp³-hybridized carbons (Fsp3) is 0.676. The standard InChI is InChI=1S/C34H52F3NO4SSi/c1-21-14-13-15-26(34(35,36)37)16-17-28(22(2)18-27-20-43-25(5)38-27)41-29(39)19-23(3)33(9,10)31(40)24(4)30(21)42-44(11,12)32(6,7)8/h13-14,16,18,20-21,23-24,28,30H,15,17,19H2,1-12H3/b14-13+,22-18-,26-16+/t21-,23-,24+,28?,30-/m0/s1. The van der Waals surface area contributed by atoms with Crippen LogP contribution in [-0.2, 0) is 18.8 Å². The van der Waals surface area contributed by atoms with Gasteiger partial charge in [-0.2, -0.15) is 13.2 Å². The molecule has 0 spiro atoms. The van der Waals surface area contributed by atoms with Crippen LogP contribution in [0.4, 0.5) is 13.2 Å². The first-order valence-electron chi connectivity index (χ1n) is 15.4. The summed E-state index contributed by atoms with van der Waals surface area (Å²) >= 11 is 1.46. The zero-order valence-corrected chi connectivity index (χ0v) is 30.3. The largest absolute Gasteiger partial charge is 0.457 e. The van der Waals surface area contributed by atoms with Gasteiger partial charge in [0.05, 0.1) is 16.8 Å². The van der Waals surface area contributed by atoms with E-state index in [2.05, 4.69) is 38.8 Å². The summed E-state index contributed by atoms with van der Waals surface area (Å²) in [5, 5.41) is 2.57. The summed E-state index contributed by atoms with van der Waals surface area (Å²) < 4.78 is 55.1. The molecule has 44 heavy (non-hydrogen) atoms. The highest BCUT2D eigenvalue weighted by molar-refractivity contribution is 7.09.